The predicted molar refractivity (Wildman–Crippen MR) is 64.7 cm³/mol. The molecule has 1 N–H and O–H groups in total. The van der Waals surface area contributed by atoms with Gasteiger partial charge in [-0.05, 0) is 31.9 Å². The van der Waals surface area contributed by atoms with Crippen molar-refractivity contribution in [2.24, 2.45) is 0 Å². The van der Waals surface area contributed by atoms with Gasteiger partial charge in [0.15, 0.2) is 0 Å². The number of hydrogen-bond acceptors (Lipinski definition) is 1. The molecule has 1 nitrogen and oxygen atoms in total. The van der Waals surface area contributed by atoms with Gasteiger partial charge in [-0.25, -0.2) is 0 Å². The Morgan fingerprint density at radius 3 is 1.38 bits per heavy atom. The molecule has 13 heavy (non-hydrogen) atoms. The third kappa shape index (κ3) is 4.01. The van der Waals surface area contributed by atoms with Gasteiger partial charge < -0.3 is 4.98 Å². The molecule has 0 atom stereocenters. The molecule has 0 amide bonds. The largest absolute Gasteiger partial charge is 0.320 e. The molecule has 0 fully saturated rings. The minimum Gasteiger partial charge on any atom is -0.320 e. The molecule has 0 unspecified atom stereocenters. The fraction of sp³-hybridized carbons (Fsp3) is 1.00. The molecule has 0 aromatic rings. The van der Waals surface area contributed by atoms with Crippen LogP contribution in [-0.2, 0) is 0 Å². The van der Waals surface area contributed by atoms with Crippen molar-refractivity contribution in [3.63, 3.8) is 0 Å². The van der Waals surface area contributed by atoms with E-state index in [9.17, 15) is 0 Å². The second-order valence-corrected chi connectivity index (χ2v) is 11.4. The molecule has 0 aromatic carbocycles. The summed E-state index contributed by atoms with van der Waals surface area (Å²) in [6.07, 6.45) is 0. The standard InChI is InChI=1S/C10H24ClNSi/c1-8(2)13(11,9(3)4)12-10(5,6)7/h8-9,12H,1-7H3. The molecule has 0 aliphatic carbocycles. The van der Waals surface area contributed by atoms with Gasteiger partial charge in [0.1, 0.15) is 0 Å². The molecule has 0 rings (SSSR count). The van der Waals surface area contributed by atoms with Gasteiger partial charge in [-0.3, -0.25) is 0 Å². The molecule has 0 aromatic heterocycles. The monoisotopic (exact) mass is 221 g/mol. The van der Waals surface area contributed by atoms with Crippen molar-refractivity contribution < 1.29 is 0 Å². The lowest BCUT2D eigenvalue weighted by Gasteiger charge is -2.39. The number of nitrogens with one attached hydrogen (secondary N) is 1. The van der Waals surface area contributed by atoms with E-state index in [1.54, 1.807) is 0 Å². The van der Waals surface area contributed by atoms with E-state index in [0.717, 1.165) is 0 Å². The minimum absolute atomic E-state index is 0.127. The van der Waals surface area contributed by atoms with E-state index in [-0.39, 0.29) is 5.54 Å². The molecule has 0 aliphatic rings. The highest BCUT2D eigenvalue weighted by Gasteiger charge is 2.41. The van der Waals surface area contributed by atoms with Crippen LogP contribution >= 0.6 is 11.1 Å². The number of halogens is 1. The summed E-state index contributed by atoms with van der Waals surface area (Å²) in [6, 6.07) is 0. The second-order valence-electron chi connectivity index (χ2n) is 5.45. The van der Waals surface area contributed by atoms with Gasteiger partial charge in [0.25, 0.3) is 0 Å². The van der Waals surface area contributed by atoms with E-state index in [0.29, 0.717) is 11.1 Å². The van der Waals surface area contributed by atoms with Gasteiger partial charge >= 0.3 is 0 Å². The molecule has 0 bridgehead atoms. The fourth-order valence-electron chi connectivity index (χ4n) is 1.53. The molecular weight excluding hydrogens is 198 g/mol. The van der Waals surface area contributed by atoms with Crippen molar-refractivity contribution >= 4 is 18.6 Å². The lowest BCUT2D eigenvalue weighted by Crippen LogP contribution is -2.58. The second kappa shape index (κ2) is 4.33. The van der Waals surface area contributed by atoms with Crippen LogP contribution < -0.4 is 4.98 Å². The summed E-state index contributed by atoms with van der Waals surface area (Å²) >= 11 is 6.72. The zero-order valence-electron chi connectivity index (χ0n) is 10.0. The molecular formula is C10H24ClNSi. The van der Waals surface area contributed by atoms with Crippen LogP contribution in [0, 0.1) is 0 Å². The van der Waals surface area contributed by atoms with Crippen LogP contribution in [0.5, 0.6) is 0 Å². The van der Waals surface area contributed by atoms with Gasteiger partial charge in [0.2, 0.25) is 7.55 Å². The van der Waals surface area contributed by atoms with E-state index in [2.05, 4.69) is 53.4 Å². The molecule has 3 heteroatoms. The topological polar surface area (TPSA) is 12.0 Å². The van der Waals surface area contributed by atoms with Crippen LogP contribution in [-0.4, -0.2) is 13.1 Å². The maximum absolute atomic E-state index is 6.72. The third-order valence-corrected chi connectivity index (χ3v) is 9.64. The maximum Gasteiger partial charge on any atom is 0.232 e. The summed E-state index contributed by atoms with van der Waals surface area (Å²) in [5.41, 5.74) is 1.25. The first-order valence-corrected chi connectivity index (χ1v) is 8.24. The Morgan fingerprint density at radius 2 is 1.31 bits per heavy atom. The van der Waals surface area contributed by atoms with Crippen molar-refractivity contribution in [2.45, 2.75) is 65.1 Å². The first kappa shape index (κ1) is 13.5. The highest BCUT2D eigenvalue weighted by molar-refractivity contribution is 7.20. The van der Waals surface area contributed by atoms with E-state index in [1.807, 2.05) is 0 Å². The normalized spacial score (nSPS) is 14.3. The Morgan fingerprint density at radius 1 is 1.00 bits per heavy atom. The zero-order valence-corrected chi connectivity index (χ0v) is 11.8. The van der Waals surface area contributed by atoms with Gasteiger partial charge in [-0.1, -0.05) is 27.7 Å². The average molecular weight is 222 g/mol. The van der Waals surface area contributed by atoms with E-state index >= 15 is 0 Å². The Labute approximate surface area is 89.0 Å². The Balaban J connectivity index is 4.62. The van der Waals surface area contributed by atoms with Crippen molar-refractivity contribution in [2.75, 3.05) is 0 Å². The smallest absolute Gasteiger partial charge is 0.232 e. The first-order chi connectivity index (χ1) is 5.59. The zero-order chi connectivity index (χ0) is 10.9. The lowest BCUT2D eigenvalue weighted by molar-refractivity contribution is 0.505. The SMILES string of the molecule is CC(C)[Si](Cl)(NC(C)(C)C)C(C)C. The van der Waals surface area contributed by atoms with Crippen molar-refractivity contribution in [1.29, 1.82) is 0 Å². The highest BCUT2D eigenvalue weighted by Crippen LogP contribution is 2.34. The molecule has 0 aliphatic heterocycles. The van der Waals surface area contributed by atoms with Crippen LogP contribution in [0.3, 0.4) is 0 Å². The summed E-state index contributed by atoms with van der Waals surface area (Å²) in [5.74, 6) is 0. The van der Waals surface area contributed by atoms with Crippen LogP contribution in [0.1, 0.15) is 48.5 Å². The Bertz CT molecular complexity index is 153. The van der Waals surface area contributed by atoms with Gasteiger partial charge in [-0.15, -0.1) is 11.1 Å². The first-order valence-electron chi connectivity index (χ1n) is 5.08. The molecule has 80 valence electrons. The number of rotatable bonds is 3. The van der Waals surface area contributed by atoms with Crippen LogP contribution in [0.2, 0.25) is 11.1 Å². The molecule has 0 radical (unpaired) electrons. The third-order valence-electron chi connectivity index (χ3n) is 2.25. The quantitative estimate of drug-likeness (QED) is 0.564. The van der Waals surface area contributed by atoms with Crippen LogP contribution in [0.25, 0.3) is 0 Å². The average Bonchev–Trinajstić information content (AvgIpc) is 1.82. The highest BCUT2D eigenvalue weighted by atomic mass is 35.6. The van der Waals surface area contributed by atoms with Crippen LogP contribution in [0.4, 0.5) is 0 Å². The summed E-state index contributed by atoms with van der Waals surface area (Å²) in [7, 11) is -1.82. The van der Waals surface area contributed by atoms with E-state index in [1.165, 1.54) is 0 Å². The predicted octanol–water partition coefficient (Wildman–Crippen LogP) is 3.88. The van der Waals surface area contributed by atoms with E-state index in [4.69, 9.17) is 11.1 Å². The minimum atomic E-state index is -1.82. The maximum atomic E-state index is 6.72. The molecule has 0 heterocycles. The summed E-state index contributed by atoms with van der Waals surface area (Å²) in [6.45, 7) is 15.4. The van der Waals surface area contributed by atoms with E-state index < -0.39 is 7.55 Å². The summed E-state index contributed by atoms with van der Waals surface area (Å²) in [5, 5.41) is 0. The molecule has 0 saturated carbocycles. The number of hydrogen-bond donors (Lipinski definition) is 1. The van der Waals surface area contributed by atoms with Crippen LogP contribution in [0.15, 0.2) is 0 Å². The molecule has 0 saturated heterocycles. The van der Waals surface area contributed by atoms with Crippen molar-refractivity contribution in [3.05, 3.63) is 0 Å². The molecule has 0 spiro atoms. The lowest BCUT2D eigenvalue weighted by atomic mass is 10.1. The summed E-state index contributed by atoms with van der Waals surface area (Å²) in [4.78, 5) is 3.64. The Hall–Kier alpha value is 0.467. The summed E-state index contributed by atoms with van der Waals surface area (Å²) < 4.78 is 0. The van der Waals surface area contributed by atoms with Gasteiger partial charge in [0, 0.05) is 5.54 Å². The Kier molecular flexibility index (Phi) is 4.48. The van der Waals surface area contributed by atoms with Crippen molar-refractivity contribution in [1.82, 2.24) is 4.98 Å². The van der Waals surface area contributed by atoms with Gasteiger partial charge in [-0.2, -0.15) is 0 Å². The van der Waals surface area contributed by atoms with Crippen molar-refractivity contribution in [3.8, 4) is 0 Å². The van der Waals surface area contributed by atoms with Gasteiger partial charge in [0.05, 0.1) is 0 Å². The fourth-order valence-corrected chi connectivity index (χ4v) is 5.44.